The van der Waals surface area contributed by atoms with Crippen molar-refractivity contribution in [2.45, 2.75) is 24.3 Å². The largest absolute Gasteiger partial charge is 0.495 e. The van der Waals surface area contributed by atoms with Gasteiger partial charge < -0.3 is 10.1 Å². The predicted octanol–water partition coefficient (Wildman–Crippen LogP) is 2.04. The molecule has 0 aliphatic rings. The highest BCUT2D eigenvalue weighted by Gasteiger charge is 2.27. The Morgan fingerprint density at radius 1 is 1.12 bits per heavy atom. The van der Waals surface area contributed by atoms with Crippen molar-refractivity contribution in [1.82, 2.24) is 5.32 Å². The van der Waals surface area contributed by atoms with Gasteiger partial charge in [0.05, 0.1) is 29.2 Å². The van der Waals surface area contributed by atoms with E-state index in [1.807, 2.05) is 0 Å². The lowest BCUT2D eigenvalue weighted by atomic mass is 10.0. The molecule has 0 saturated heterocycles. The third kappa shape index (κ3) is 6.65. The minimum atomic E-state index is -4.01. The highest BCUT2D eigenvalue weighted by atomic mass is 32.2. The summed E-state index contributed by atoms with van der Waals surface area (Å²) in [6.07, 6.45) is 2.41. The second kappa shape index (κ2) is 10.2. The number of sulfone groups is 1. The molecule has 0 saturated carbocycles. The van der Waals surface area contributed by atoms with Crippen LogP contribution in [0.1, 0.15) is 24.9 Å². The van der Waals surface area contributed by atoms with Crippen LogP contribution in [0.4, 0.5) is 11.4 Å². The summed E-state index contributed by atoms with van der Waals surface area (Å²) in [5.74, 6) is -0.616. The predicted molar refractivity (Wildman–Crippen MR) is 123 cm³/mol. The first-order valence-electron chi connectivity index (χ1n) is 9.67. The first-order chi connectivity index (χ1) is 15.3. The Morgan fingerprint density at radius 2 is 1.73 bits per heavy atom. The lowest BCUT2D eigenvalue weighted by Gasteiger charge is -2.25. The van der Waals surface area contributed by atoms with E-state index in [-0.39, 0.29) is 22.0 Å². The number of ether oxygens (including phenoxy) is 1. The number of hydrogen-bond acceptors (Lipinski definition) is 8. The first kappa shape index (κ1) is 26.1. The molecule has 33 heavy (non-hydrogen) atoms. The molecular weight excluding hydrogens is 474 g/mol. The van der Waals surface area contributed by atoms with Crippen molar-refractivity contribution < 1.29 is 31.3 Å². The second-order valence-corrected chi connectivity index (χ2v) is 11.2. The number of nitro groups is 1. The number of carbonyl (C=O) groups excluding carboxylic acids is 1. The molecule has 0 aliphatic heterocycles. The highest BCUT2D eigenvalue weighted by Crippen LogP contribution is 2.33. The molecular formula is C20H25N3O8S2. The number of anilines is 1. The molecule has 0 radical (unpaired) electrons. The van der Waals surface area contributed by atoms with E-state index >= 15 is 0 Å². The number of nitrogens with one attached hydrogen (secondary N) is 1. The van der Waals surface area contributed by atoms with E-state index in [9.17, 15) is 31.7 Å². The van der Waals surface area contributed by atoms with E-state index in [2.05, 4.69) is 5.32 Å². The molecule has 11 nitrogen and oxygen atoms in total. The molecule has 13 heteroatoms. The summed E-state index contributed by atoms with van der Waals surface area (Å²) in [4.78, 5) is 23.4. The van der Waals surface area contributed by atoms with E-state index in [4.69, 9.17) is 4.74 Å². The fourth-order valence-electron chi connectivity index (χ4n) is 3.11. The van der Waals surface area contributed by atoms with Crippen molar-refractivity contribution in [2.24, 2.45) is 0 Å². The van der Waals surface area contributed by atoms with Crippen molar-refractivity contribution in [2.75, 3.05) is 30.5 Å². The number of nitrogens with zero attached hydrogens (tertiary/aromatic N) is 2. The summed E-state index contributed by atoms with van der Waals surface area (Å²) in [7, 11) is -6.11. The van der Waals surface area contributed by atoms with Gasteiger partial charge in [-0.2, -0.15) is 0 Å². The standard InChI is InChI=1S/C20H25N3O8S2/c1-5-17(14-6-9-16(10-7-14)32(3,27)28)21-20(24)13-22(33(4,29)30)18-12-15(23(25)26)8-11-19(18)31-2/h6-12,17H,5,13H2,1-4H3,(H,21,24). The van der Waals surface area contributed by atoms with Crippen molar-refractivity contribution in [3.05, 3.63) is 58.1 Å². The zero-order valence-electron chi connectivity index (χ0n) is 18.5. The number of hydrogen-bond donors (Lipinski definition) is 1. The summed E-state index contributed by atoms with van der Waals surface area (Å²) in [5, 5.41) is 13.9. The molecule has 1 atom stereocenters. The summed E-state index contributed by atoms with van der Waals surface area (Å²) in [6, 6.07) is 8.92. The van der Waals surface area contributed by atoms with E-state index in [0.29, 0.717) is 12.0 Å². The van der Waals surface area contributed by atoms with Crippen LogP contribution in [0.25, 0.3) is 0 Å². The molecule has 1 unspecified atom stereocenters. The Balaban J connectivity index is 2.33. The number of sulfonamides is 1. The van der Waals surface area contributed by atoms with Crippen LogP contribution in [-0.4, -0.2) is 53.8 Å². The van der Waals surface area contributed by atoms with Gasteiger partial charge in [0.1, 0.15) is 18.0 Å². The van der Waals surface area contributed by atoms with Crippen molar-refractivity contribution in [3.8, 4) is 5.75 Å². The van der Waals surface area contributed by atoms with Crippen LogP contribution in [0.2, 0.25) is 0 Å². The SMILES string of the molecule is CCC(NC(=O)CN(c1cc([N+](=O)[O-])ccc1OC)S(C)(=O)=O)c1ccc(S(C)(=O)=O)cc1. The maximum absolute atomic E-state index is 12.8. The molecule has 0 aliphatic carbocycles. The number of carbonyl (C=O) groups is 1. The van der Waals surface area contributed by atoms with E-state index in [1.165, 1.54) is 25.3 Å². The maximum Gasteiger partial charge on any atom is 0.271 e. The fraction of sp³-hybridized carbons (Fsp3) is 0.350. The van der Waals surface area contributed by atoms with Crippen molar-refractivity contribution in [3.63, 3.8) is 0 Å². The molecule has 2 aromatic carbocycles. The second-order valence-electron chi connectivity index (χ2n) is 7.25. The third-order valence-electron chi connectivity index (χ3n) is 4.78. The van der Waals surface area contributed by atoms with Crippen LogP contribution in [0.5, 0.6) is 5.75 Å². The van der Waals surface area contributed by atoms with Crippen molar-refractivity contribution >= 4 is 37.1 Å². The molecule has 1 amide bonds. The van der Waals surface area contributed by atoms with Crippen LogP contribution < -0.4 is 14.4 Å². The maximum atomic E-state index is 12.8. The van der Waals surface area contributed by atoms with Crippen LogP contribution >= 0.6 is 0 Å². The molecule has 0 heterocycles. The van der Waals surface area contributed by atoms with Gasteiger partial charge in [-0.3, -0.25) is 19.2 Å². The fourth-order valence-corrected chi connectivity index (χ4v) is 4.59. The van der Waals surface area contributed by atoms with Gasteiger partial charge in [0, 0.05) is 18.4 Å². The summed E-state index contributed by atoms with van der Waals surface area (Å²) in [5.41, 5.74) is 0.129. The molecule has 0 spiro atoms. The smallest absolute Gasteiger partial charge is 0.271 e. The number of non-ortho nitro benzene ring substituents is 1. The lowest BCUT2D eigenvalue weighted by molar-refractivity contribution is -0.384. The van der Waals surface area contributed by atoms with Gasteiger partial charge in [-0.1, -0.05) is 19.1 Å². The molecule has 1 N–H and O–H groups in total. The Kier molecular flexibility index (Phi) is 8.03. The Morgan fingerprint density at radius 3 is 2.18 bits per heavy atom. The zero-order valence-corrected chi connectivity index (χ0v) is 20.1. The average Bonchev–Trinajstić information content (AvgIpc) is 2.74. The number of nitro benzene ring substituents is 1. The van der Waals surface area contributed by atoms with Crippen LogP contribution in [0.15, 0.2) is 47.4 Å². The van der Waals surface area contributed by atoms with Crippen molar-refractivity contribution in [1.29, 1.82) is 0 Å². The van der Waals surface area contributed by atoms with Gasteiger partial charge in [-0.25, -0.2) is 16.8 Å². The number of methoxy groups -OCH3 is 1. The normalized spacial score (nSPS) is 12.6. The van der Waals surface area contributed by atoms with Gasteiger partial charge in [0.15, 0.2) is 9.84 Å². The Bertz CT molecular complexity index is 1240. The highest BCUT2D eigenvalue weighted by molar-refractivity contribution is 7.92. The summed E-state index contributed by atoms with van der Waals surface area (Å²) >= 11 is 0. The topological polar surface area (TPSA) is 153 Å². The summed E-state index contributed by atoms with van der Waals surface area (Å²) < 4.78 is 54.0. The minimum Gasteiger partial charge on any atom is -0.495 e. The lowest BCUT2D eigenvalue weighted by Crippen LogP contribution is -2.41. The van der Waals surface area contributed by atoms with Gasteiger partial charge in [0.25, 0.3) is 5.69 Å². The Hall–Kier alpha value is -3.19. The third-order valence-corrected chi connectivity index (χ3v) is 7.04. The number of benzene rings is 2. The molecule has 2 rings (SSSR count). The monoisotopic (exact) mass is 499 g/mol. The van der Waals surface area contributed by atoms with E-state index in [1.54, 1.807) is 19.1 Å². The number of rotatable bonds is 10. The first-order valence-corrected chi connectivity index (χ1v) is 13.4. The van der Waals surface area contributed by atoms with Crippen LogP contribution in [0.3, 0.4) is 0 Å². The van der Waals surface area contributed by atoms with Gasteiger partial charge >= 0.3 is 0 Å². The summed E-state index contributed by atoms with van der Waals surface area (Å²) in [6.45, 7) is 1.15. The van der Waals surface area contributed by atoms with Crippen LogP contribution in [0, 0.1) is 10.1 Å². The van der Waals surface area contributed by atoms with E-state index in [0.717, 1.165) is 28.9 Å². The number of amides is 1. The zero-order chi connectivity index (χ0) is 25.0. The van der Waals surface area contributed by atoms with Gasteiger partial charge in [-0.15, -0.1) is 0 Å². The molecule has 0 bridgehead atoms. The molecule has 2 aromatic rings. The average molecular weight is 500 g/mol. The molecule has 0 fully saturated rings. The molecule has 180 valence electrons. The van der Waals surface area contributed by atoms with Gasteiger partial charge in [0.2, 0.25) is 15.9 Å². The quantitative estimate of drug-likeness (QED) is 0.385. The minimum absolute atomic E-state index is 0.0437. The van der Waals surface area contributed by atoms with E-state index < -0.39 is 43.3 Å². The molecule has 0 aromatic heterocycles. The Labute approximate surface area is 192 Å². The van der Waals surface area contributed by atoms with Gasteiger partial charge in [-0.05, 0) is 30.2 Å². The van der Waals surface area contributed by atoms with Crippen LogP contribution in [-0.2, 0) is 24.7 Å².